The Bertz CT molecular complexity index is 554. The summed E-state index contributed by atoms with van der Waals surface area (Å²) in [4.78, 5) is 0.215. The maximum absolute atomic E-state index is 12.4. The first-order valence-corrected chi connectivity index (χ1v) is 8.36. The van der Waals surface area contributed by atoms with E-state index >= 15 is 0 Å². The highest BCUT2D eigenvalue weighted by molar-refractivity contribution is 7.89. The Labute approximate surface area is 120 Å². The molecule has 112 valence electrons. The highest BCUT2D eigenvalue weighted by Crippen LogP contribution is 2.28. The van der Waals surface area contributed by atoms with Gasteiger partial charge in [-0.25, -0.2) is 13.1 Å². The molecule has 1 aliphatic rings. The highest BCUT2D eigenvalue weighted by atomic mass is 32.2. The molecule has 2 N–H and O–H groups in total. The monoisotopic (exact) mass is 298 g/mol. The molecule has 1 aromatic carbocycles. The standard InChI is InChI=1S/C14H22N2O3S/c1-15-9-12-6-7-13(19-2)14(8-12)20(17,18)16-10-11-4-3-5-11/h6-8,11,15-16H,3-5,9-10H2,1-2H3. The Morgan fingerprint density at radius 1 is 1.35 bits per heavy atom. The van der Waals surface area contributed by atoms with Crippen molar-refractivity contribution in [3.05, 3.63) is 23.8 Å². The smallest absolute Gasteiger partial charge is 0.244 e. The summed E-state index contributed by atoms with van der Waals surface area (Å²) in [6, 6.07) is 5.23. The maximum Gasteiger partial charge on any atom is 0.244 e. The summed E-state index contributed by atoms with van der Waals surface area (Å²) in [5.41, 5.74) is 0.914. The molecule has 1 saturated carbocycles. The minimum atomic E-state index is -3.52. The van der Waals surface area contributed by atoms with Crippen molar-refractivity contribution in [3.63, 3.8) is 0 Å². The van der Waals surface area contributed by atoms with Gasteiger partial charge < -0.3 is 10.1 Å². The molecular formula is C14H22N2O3S. The number of rotatable bonds is 7. The summed E-state index contributed by atoms with van der Waals surface area (Å²) in [6.07, 6.45) is 3.42. The molecule has 0 aromatic heterocycles. The van der Waals surface area contributed by atoms with Crippen molar-refractivity contribution >= 4 is 10.0 Å². The van der Waals surface area contributed by atoms with E-state index in [1.54, 1.807) is 12.1 Å². The zero-order valence-corrected chi connectivity index (χ0v) is 12.8. The van der Waals surface area contributed by atoms with Gasteiger partial charge in [-0.1, -0.05) is 12.5 Å². The second-order valence-corrected chi connectivity index (χ2v) is 6.90. The van der Waals surface area contributed by atoms with Crippen LogP contribution in [0.3, 0.4) is 0 Å². The largest absolute Gasteiger partial charge is 0.495 e. The highest BCUT2D eigenvalue weighted by Gasteiger charge is 2.23. The molecule has 1 aliphatic carbocycles. The van der Waals surface area contributed by atoms with E-state index in [0.717, 1.165) is 18.4 Å². The maximum atomic E-state index is 12.4. The quantitative estimate of drug-likeness (QED) is 0.800. The first-order chi connectivity index (χ1) is 9.56. The van der Waals surface area contributed by atoms with E-state index in [1.807, 2.05) is 13.1 Å². The average molecular weight is 298 g/mol. The van der Waals surface area contributed by atoms with Crippen molar-refractivity contribution in [2.75, 3.05) is 20.7 Å². The summed E-state index contributed by atoms with van der Waals surface area (Å²) in [6.45, 7) is 1.14. The molecule has 0 bridgehead atoms. The fourth-order valence-corrected chi connectivity index (χ4v) is 3.58. The van der Waals surface area contributed by atoms with Crippen LogP contribution in [0, 0.1) is 5.92 Å². The second kappa shape index (κ2) is 6.56. The van der Waals surface area contributed by atoms with Crippen molar-refractivity contribution in [2.45, 2.75) is 30.7 Å². The molecule has 0 spiro atoms. The van der Waals surface area contributed by atoms with Gasteiger partial charge in [0, 0.05) is 13.1 Å². The number of hydrogen-bond acceptors (Lipinski definition) is 4. The van der Waals surface area contributed by atoms with Gasteiger partial charge in [0.15, 0.2) is 0 Å². The van der Waals surface area contributed by atoms with E-state index in [4.69, 9.17) is 4.74 Å². The number of methoxy groups -OCH3 is 1. The van der Waals surface area contributed by atoms with Gasteiger partial charge in [0.25, 0.3) is 0 Å². The second-order valence-electron chi connectivity index (χ2n) is 5.16. The molecule has 5 nitrogen and oxygen atoms in total. The fourth-order valence-electron chi connectivity index (χ4n) is 2.25. The first kappa shape index (κ1) is 15.3. The van der Waals surface area contributed by atoms with E-state index < -0.39 is 10.0 Å². The third-order valence-corrected chi connectivity index (χ3v) is 5.13. The average Bonchev–Trinajstić information content (AvgIpc) is 2.37. The van der Waals surface area contributed by atoms with Gasteiger partial charge in [0.1, 0.15) is 10.6 Å². The van der Waals surface area contributed by atoms with Crippen LogP contribution in [0.2, 0.25) is 0 Å². The molecule has 20 heavy (non-hydrogen) atoms. The molecule has 0 heterocycles. The molecule has 1 aromatic rings. The topological polar surface area (TPSA) is 67.4 Å². The molecule has 2 rings (SSSR count). The van der Waals surface area contributed by atoms with Gasteiger partial charge in [0.2, 0.25) is 10.0 Å². The molecule has 0 atom stereocenters. The molecule has 0 unspecified atom stereocenters. The fraction of sp³-hybridized carbons (Fsp3) is 0.571. The summed E-state index contributed by atoms with van der Waals surface area (Å²) in [7, 11) is -0.207. The van der Waals surface area contributed by atoms with Crippen LogP contribution in [0.1, 0.15) is 24.8 Å². The van der Waals surface area contributed by atoms with E-state index in [1.165, 1.54) is 13.5 Å². The summed E-state index contributed by atoms with van der Waals surface area (Å²) in [5.74, 6) is 0.863. The number of sulfonamides is 1. The van der Waals surface area contributed by atoms with Gasteiger partial charge in [-0.3, -0.25) is 0 Å². The molecular weight excluding hydrogens is 276 g/mol. The van der Waals surface area contributed by atoms with E-state index in [0.29, 0.717) is 24.8 Å². The number of hydrogen-bond donors (Lipinski definition) is 2. The van der Waals surface area contributed by atoms with Crippen LogP contribution < -0.4 is 14.8 Å². The Hall–Kier alpha value is -1.11. The SMILES string of the molecule is CNCc1ccc(OC)c(S(=O)(=O)NCC2CCC2)c1. The third kappa shape index (κ3) is 3.50. The number of nitrogens with one attached hydrogen (secondary N) is 2. The van der Waals surface area contributed by atoms with Crippen molar-refractivity contribution < 1.29 is 13.2 Å². The van der Waals surface area contributed by atoms with Gasteiger partial charge in [-0.15, -0.1) is 0 Å². The Balaban J connectivity index is 2.20. The Morgan fingerprint density at radius 2 is 2.10 bits per heavy atom. The zero-order chi connectivity index (χ0) is 14.6. The van der Waals surface area contributed by atoms with Crippen LogP contribution in [-0.4, -0.2) is 29.1 Å². The van der Waals surface area contributed by atoms with Gasteiger partial charge in [-0.2, -0.15) is 0 Å². The lowest BCUT2D eigenvalue weighted by Gasteiger charge is -2.25. The molecule has 0 saturated heterocycles. The van der Waals surface area contributed by atoms with Crippen LogP contribution in [0.5, 0.6) is 5.75 Å². The normalized spacial score (nSPS) is 15.9. The molecule has 1 fully saturated rings. The predicted molar refractivity (Wildman–Crippen MR) is 78.3 cm³/mol. The van der Waals surface area contributed by atoms with Crippen LogP contribution in [0.15, 0.2) is 23.1 Å². The van der Waals surface area contributed by atoms with Crippen LogP contribution in [-0.2, 0) is 16.6 Å². The van der Waals surface area contributed by atoms with Crippen LogP contribution in [0.25, 0.3) is 0 Å². The molecule has 0 radical (unpaired) electrons. The molecule has 0 amide bonds. The minimum absolute atomic E-state index is 0.215. The van der Waals surface area contributed by atoms with Crippen LogP contribution >= 0.6 is 0 Å². The van der Waals surface area contributed by atoms with Crippen molar-refractivity contribution in [1.82, 2.24) is 10.0 Å². The lowest BCUT2D eigenvalue weighted by molar-refractivity contribution is 0.316. The summed E-state index contributed by atoms with van der Waals surface area (Å²) >= 11 is 0. The van der Waals surface area contributed by atoms with E-state index in [2.05, 4.69) is 10.0 Å². The van der Waals surface area contributed by atoms with Crippen molar-refractivity contribution in [1.29, 1.82) is 0 Å². The van der Waals surface area contributed by atoms with E-state index in [9.17, 15) is 8.42 Å². The van der Waals surface area contributed by atoms with Crippen molar-refractivity contribution in [3.8, 4) is 5.75 Å². The number of benzene rings is 1. The van der Waals surface area contributed by atoms with Crippen molar-refractivity contribution in [2.24, 2.45) is 5.92 Å². The summed E-state index contributed by atoms with van der Waals surface area (Å²) in [5, 5.41) is 3.01. The molecule has 6 heteroatoms. The lowest BCUT2D eigenvalue weighted by Crippen LogP contribution is -2.32. The third-order valence-electron chi connectivity index (χ3n) is 3.69. The van der Waals surface area contributed by atoms with Gasteiger partial charge >= 0.3 is 0 Å². The lowest BCUT2D eigenvalue weighted by atomic mass is 9.86. The minimum Gasteiger partial charge on any atom is -0.495 e. The molecule has 0 aliphatic heterocycles. The van der Waals surface area contributed by atoms with Crippen LogP contribution in [0.4, 0.5) is 0 Å². The Morgan fingerprint density at radius 3 is 2.65 bits per heavy atom. The first-order valence-electron chi connectivity index (χ1n) is 6.88. The van der Waals surface area contributed by atoms with Gasteiger partial charge in [0.05, 0.1) is 7.11 Å². The summed E-state index contributed by atoms with van der Waals surface area (Å²) < 4.78 is 32.7. The zero-order valence-electron chi connectivity index (χ0n) is 12.0. The van der Waals surface area contributed by atoms with E-state index in [-0.39, 0.29) is 4.90 Å². The number of ether oxygens (including phenoxy) is 1. The Kier molecular flexibility index (Phi) is 5.01. The predicted octanol–water partition coefficient (Wildman–Crippen LogP) is 1.49. The van der Waals surface area contributed by atoms with Gasteiger partial charge in [-0.05, 0) is 43.5 Å².